The molecule has 1 aliphatic rings. The van der Waals surface area contributed by atoms with Gasteiger partial charge in [-0.25, -0.2) is 0 Å². The van der Waals surface area contributed by atoms with Crippen molar-refractivity contribution in [1.82, 2.24) is 4.57 Å². The van der Waals surface area contributed by atoms with Crippen molar-refractivity contribution in [1.29, 1.82) is 0 Å². The van der Waals surface area contributed by atoms with Crippen LogP contribution in [0.2, 0.25) is 0 Å². The first-order valence-corrected chi connectivity index (χ1v) is 15.1. The summed E-state index contributed by atoms with van der Waals surface area (Å²) in [7, 11) is 0. The van der Waals surface area contributed by atoms with Gasteiger partial charge in [-0.3, -0.25) is 0 Å². The second kappa shape index (κ2) is 8.82. The number of hydrogen-bond donors (Lipinski definition) is 0. The van der Waals surface area contributed by atoms with Crippen LogP contribution in [0.5, 0.6) is 11.5 Å². The molecule has 0 saturated heterocycles. The summed E-state index contributed by atoms with van der Waals surface area (Å²) in [5.41, 5.74) is 8.35. The Morgan fingerprint density at radius 2 is 1.07 bits per heavy atom. The molecule has 0 atom stereocenters. The molecule has 2 heteroatoms. The summed E-state index contributed by atoms with van der Waals surface area (Å²) in [6.45, 7) is 0. The van der Waals surface area contributed by atoms with Crippen LogP contribution in [-0.2, 0) is 0 Å². The van der Waals surface area contributed by atoms with Crippen molar-refractivity contribution in [2.45, 2.75) is 0 Å². The molecule has 44 heavy (non-hydrogen) atoms. The number of ether oxygens (including phenoxy) is 1. The van der Waals surface area contributed by atoms with Gasteiger partial charge in [-0.05, 0) is 80.7 Å². The van der Waals surface area contributed by atoms with E-state index < -0.39 is 0 Å². The van der Waals surface area contributed by atoms with Crippen LogP contribution in [0.1, 0.15) is 0 Å². The topological polar surface area (TPSA) is 14.2 Å². The van der Waals surface area contributed by atoms with E-state index in [4.69, 9.17) is 4.74 Å². The lowest BCUT2D eigenvalue weighted by atomic mass is 9.92. The molecule has 0 amide bonds. The first-order chi connectivity index (χ1) is 21.8. The number of nitrogens with zero attached hydrogens (tertiary/aromatic N) is 1. The molecule has 2 nitrogen and oxygen atoms in total. The molecule has 1 aliphatic heterocycles. The van der Waals surface area contributed by atoms with Gasteiger partial charge in [-0.1, -0.05) is 109 Å². The number of hydrogen-bond acceptors (Lipinski definition) is 1. The van der Waals surface area contributed by atoms with E-state index in [9.17, 15) is 0 Å². The minimum Gasteiger partial charge on any atom is -0.456 e. The average molecular weight is 560 g/mol. The fourth-order valence-corrected chi connectivity index (χ4v) is 7.38. The van der Waals surface area contributed by atoms with Crippen LogP contribution in [0, 0.1) is 0 Å². The summed E-state index contributed by atoms with van der Waals surface area (Å²) >= 11 is 0. The Balaban J connectivity index is 1.25. The lowest BCUT2D eigenvalue weighted by Gasteiger charge is -2.22. The predicted octanol–water partition coefficient (Wildman–Crippen LogP) is 11.7. The summed E-state index contributed by atoms with van der Waals surface area (Å²) in [5, 5.41) is 9.93. The summed E-state index contributed by atoms with van der Waals surface area (Å²) < 4.78 is 8.85. The van der Waals surface area contributed by atoms with Gasteiger partial charge in [0.2, 0.25) is 0 Å². The van der Waals surface area contributed by atoms with Crippen LogP contribution in [0.15, 0.2) is 152 Å². The Bertz CT molecular complexity index is 2630. The van der Waals surface area contributed by atoms with Gasteiger partial charge in [0.15, 0.2) is 0 Å². The van der Waals surface area contributed by atoms with Crippen LogP contribution >= 0.6 is 0 Å². The van der Waals surface area contributed by atoms with Gasteiger partial charge in [-0.2, -0.15) is 0 Å². The SMILES string of the molecule is c1ccc2c(-n3c4ccc(-c5ccc6c(c5)-c5cccc7cccc(c57)O6)cc4c4c5ccccc5ccc43)cccc2c1. The molecule has 0 unspecified atom stereocenters. The summed E-state index contributed by atoms with van der Waals surface area (Å²) in [6.07, 6.45) is 0. The number of fused-ring (bicyclic) bond motifs is 8. The highest BCUT2D eigenvalue weighted by Gasteiger charge is 2.21. The van der Waals surface area contributed by atoms with Crippen LogP contribution in [-0.4, -0.2) is 4.57 Å². The number of aromatic nitrogens is 1. The van der Waals surface area contributed by atoms with Crippen molar-refractivity contribution in [3.8, 4) is 39.4 Å². The van der Waals surface area contributed by atoms with Gasteiger partial charge in [0.25, 0.3) is 0 Å². The Kier molecular flexibility index (Phi) is 4.75. The van der Waals surface area contributed by atoms with E-state index in [1.54, 1.807) is 0 Å². The average Bonchev–Trinajstić information content (AvgIpc) is 3.42. The predicted molar refractivity (Wildman–Crippen MR) is 184 cm³/mol. The molecule has 1 aromatic heterocycles. The van der Waals surface area contributed by atoms with Crippen LogP contribution in [0.25, 0.3) is 82.1 Å². The molecule has 9 aromatic rings. The van der Waals surface area contributed by atoms with Gasteiger partial charge in [0.1, 0.15) is 11.5 Å². The zero-order chi connectivity index (χ0) is 28.8. The van der Waals surface area contributed by atoms with Gasteiger partial charge >= 0.3 is 0 Å². The Morgan fingerprint density at radius 3 is 1.98 bits per heavy atom. The second-order valence-electron chi connectivity index (χ2n) is 11.7. The first-order valence-electron chi connectivity index (χ1n) is 15.1. The van der Waals surface area contributed by atoms with Crippen molar-refractivity contribution in [2.75, 3.05) is 0 Å². The minimum absolute atomic E-state index is 0.902. The normalized spacial score (nSPS) is 12.3. The highest BCUT2D eigenvalue weighted by Crippen LogP contribution is 2.48. The highest BCUT2D eigenvalue weighted by atomic mass is 16.5. The smallest absolute Gasteiger partial charge is 0.135 e. The Hall–Kier alpha value is -5.86. The Labute approximate surface area is 254 Å². The molecule has 2 heterocycles. The number of benzene rings is 8. The Morgan fingerprint density at radius 1 is 0.386 bits per heavy atom. The minimum atomic E-state index is 0.902. The maximum atomic E-state index is 6.40. The molecule has 0 radical (unpaired) electrons. The molecule has 204 valence electrons. The van der Waals surface area contributed by atoms with Crippen molar-refractivity contribution in [2.24, 2.45) is 0 Å². The quantitative estimate of drug-likeness (QED) is 0.205. The third-order valence-electron chi connectivity index (χ3n) is 9.35. The molecular weight excluding hydrogens is 534 g/mol. The molecule has 0 spiro atoms. The summed E-state index contributed by atoms with van der Waals surface area (Å²) in [6, 6.07) is 54.9. The van der Waals surface area contributed by atoms with Gasteiger partial charge in [0, 0.05) is 27.1 Å². The second-order valence-corrected chi connectivity index (χ2v) is 11.7. The van der Waals surface area contributed by atoms with Gasteiger partial charge in [-0.15, -0.1) is 0 Å². The molecular formula is C42H25NO. The first kappa shape index (κ1) is 23.7. The molecule has 0 aliphatic carbocycles. The molecule has 0 saturated carbocycles. The van der Waals surface area contributed by atoms with E-state index in [1.807, 2.05) is 0 Å². The maximum Gasteiger partial charge on any atom is 0.135 e. The summed E-state index contributed by atoms with van der Waals surface area (Å²) in [5.74, 6) is 1.83. The molecule has 0 fully saturated rings. The third-order valence-corrected chi connectivity index (χ3v) is 9.35. The van der Waals surface area contributed by atoms with E-state index in [1.165, 1.54) is 76.5 Å². The van der Waals surface area contributed by atoms with Gasteiger partial charge < -0.3 is 9.30 Å². The third kappa shape index (κ3) is 3.25. The van der Waals surface area contributed by atoms with Crippen LogP contribution in [0.3, 0.4) is 0 Å². The van der Waals surface area contributed by atoms with Crippen molar-refractivity contribution >= 4 is 54.1 Å². The fourth-order valence-electron chi connectivity index (χ4n) is 7.38. The molecule has 0 N–H and O–H groups in total. The molecule has 8 aromatic carbocycles. The van der Waals surface area contributed by atoms with Crippen LogP contribution < -0.4 is 4.74 Å². The van der Waals surface area contributed by atoms with Gasteiger partial charge in [0.05, 0.1) is 16.7 Å². The van der Waals surface area contributed by atoms with Crippen LogP contribution in [0.4, 0.5) is 0 Å². The monoisotopic (exact) mass is 559 g/mol. The van der Waals surface area contributed by atoms with E-state index in [0.29, 0.717) is 0 Å². The lowest BCUT2D eigenvalue weighted by molar-refractivity contribution is 0.487. The molecule has 10 rings (SSSR count). The highest BCUT2D eigenvalue weighted by molar-refractivity contribution is 6.22. The lowest BCUT2D eigenvalue weighted by Crippen LogP contribution is -1.97. The van der Waals surface area contributed by atoms with E-state index in [2.05, 4.69) is 156 Å². The van der Waals surface area contributed by atoms with Crippen molar-refractivity contribution in [3.05, 3.63) is 152 Å². The maximum absolute atomic E-state index is 6.40. The summed E-state index contributed by atoms with van der Waals surface area (Å²) in [4.78, 5) is 0. The van der Waals surface area contributed by atoms with Crippen molar-refractivity contribution < 1.29 is 4.74 Å². The van der Waals surface area contributed by atoms with E-state index >= 15 is 0 Å². The fraction of sp³-hybridized carbons (Fsp3) is 0. The largest absolute Gasteiger partial charge is 0.456 e. The van der Waals surface area contributed by atoms with E-state index in [-0.39, 0.29) is 0 Å². The van der Waals surface area contributed by atoms with E-state index in [0.717, 1.165) is 17.1 Å². The van der Waals surface area contributed by atoms with Crippen molar-refractivity contribution in [3.63, 3.8) is 0 Å². The number of rotatable bonds is 2. The standard InChI is InChI=1S/C42H25NO/c1-3-13-31-26(8-1)10-6-16-36(31)43-37-21-19-29(25-35(37)42-32-14-4-2-9-27(32)18-22-38(42)43)30-20-23-39-34(24-30)33-15-5-11-28-12-7-17-40(44-39)41(28)33/h1-25H. The molecule has 0 bridgehead atoms. The zero-order valence-electron chi connectivity index (χ0n) is 23.8. The zero-order valence-corrected chi connectivity index (χ0v) is 23.8.